The van der Waals surface area contributed by atoms with Crippen molar-refractivity contribution in [2.45, 2.75) is 19.1 Å². The average molecular weight is 262 g/mol. The standard InChI is InChI=1S/C15H18O2S/c1-4-12-7-9-13(10-8-12)15(16-2,17-3)14-6-5-11-18-14/h5-11H,4H2,1-3H3. The van der Waals surface area contributed by atoms with Crippen LogP contribution in [0.4, 0.5) is 0 Å². The molecule has 0 aliphatic rings. The summed E-state index contributed by atoms with van der Waals surface area (Å²) in [5.74, 6) is -0.791. The molecule has 18 heavy (non-hydrogen) atoms. The van der Waals surface area contributed by atoms with Crippen molar-refractivity contribution in [1.82, 2.24) is 0 Å². The molecule has 2 aromatic rings. The summed E-state index contributed by atoms with van der Waals surface area (Å²) in [6.45, 7) is 2.15. The van der Waals surface area contributed by atoms with Gasteiger partial charge in [0.05, 0.1) is 4.88 Å². The second-order valence-electron chi connectivity index (χ2n) is 4.05. The Morgan fingerprint density at radius 3 is 2.17 bits per heavy atom. The molecule has 0 aliphatic carbocycles. The minimum Gasteiger partial charge on any atom is -0.345 e. The Morgan fingerprint density at radius 2 is 1.72 bits per heavy atom. The highest BCUT2D eigenvalue weighted by molar-refractivity contribution is 7.10. The Labute approximate surface area is 112 Å². The molecule has 0 N–H and O–H groups in total. The van der Waals surface area contributed by atoms with Crippen molar-refractivity contribution >= 4 is 11.3 Å². The lowest BCUT2D eigenvalue weighted by molar-refractivity contribution is -0.181. The zero-order valence-corrected chi connectivity index (χ0v) is 11.8. The third-order valence-electron chi connectivity index (χ3n) is 3.16. The molecule has 0 amide bonds. The van der Waals surface area contributed by atoms with Crippen LogP contribution in [-0.4, -0.2) is 14.2 Å². The van der Waals surface area contributed by atoms with E-state index in [-0.39, 0.29) is 0 Å². The number of methoxy groups -OCH3 is 2. The lowest BCUT2D eigenvalue weighted by Gasteiger charge is -2.30. The van der Waals surface area contributed by atoms with Gasteiger partial charge in [-0.25, -0.2) is 0 Å². The van der Waals surface area contributed by atoms with Crippen LogP contribution in [0, 0.1) is 0 Å². The molecule has 0 fully saturated rings. The lowest BCUT2D eigenvalue weighted by atomic mass is 10.0. The van der Waals surface area contributed by atoms with E-state index in [4.69, 9.17) is 9.47 Å². The molecule has 0 saturated carbocycles. The molecule has 3 heteroatoms. The Bertz CT molecular complexity index is 470. The highest BCUT2D eigenvalue weighted by atomic mass is 32.1. The molecular weight excluding hydrogens is 244 g/mol. The molecule has 0 bridgehead atoms. The normalized spacial score (nSPS) is 11.7. The van der Waals surface area contributed by atoms with Gasteiger partial charge in [0.25, 0.3) is 0 Å². The molecule has 96 valence electrons. The first-order valence-electron chi connectivity index (χ1n) is 6.00. The Balaban J connectivity index is 2.46. The maximum absolute atomic E-state index is 5.68. The van der Waals surface area contributed by atoms with Crippen LogP contribution in [0.15, 0.2) is 41.8 Å². The quantitative estimate of drug-likeness (QED) is 0.763. The van der Waals surface area contributed by atoms with Crippen molar-refractivity contribution in [2.24, 2.45) is 0 Å². The number of ether oxygens (including phenoxy) is 2. The van der Waals surface area contributed by atoms with Crippen LogP contribution >= 0.6 is 11.3 Å². The van der Waals surface area contributed by atoms with Crippen molar-refractivity contribution < 1.29 is 9.47 Å². The summed E-state index contributed by atoms with van der Waals surface area (Å²) in [7, 11) is 3.36. The van der Waals surface area contributed by atoms with Crippen molar-refractivity contribution in [3.05, 3.63) is 57.8 Å². The van der Waals surface area contributed by atoms with E-state index in [2.05, 4.69) is 31.2 Å². The van der Waals surface area contributed by atoms with Crippen LogP contribution in [0.1, 0.15) is 22.9 Å². The van der Waals surface area contributed by atoms with Crippen LogP contribution in [0.25, 0.3) is 0 Å². The van der Waals surface area contributed by atoms with Crippen molar-refractivity contribution in [2.75, 3.05) is 14.2 Å². The molecule has 1 heterocycles. The summed E-state index contributed by atoms with van der Waals surface area (Å²) in [4.78, 5) is 1.05. The number of thiophene rings is 1. The molecule has 0 saturated heterocycles. The monoisotopic (exact) mass is 262 g/mol. The summed E-state index contributed by atoms with van der Waals surface area (Å²) in [5.41, 5.74) is 2.33. The molecule has 0 aliphatic heterocycles. The first-order chi connectivity index (χ1) is 8.76. The minimum atomic E-state index is -0.791. The van der Waals surface area contributed by atoms with E-state index < -0.39 is 5.79 Å². The number of benzene rings is 1. The van der Waals surface area contributed by atoms with Gasteiger partial charge < -0.3 is 9.47 Å². The average Bonchev–Trinajstić information content (AvgIpc) is 2.96. The van der Waals surface area contributed by atoms with Gasteiger partial charge in [-0.15, -0.1) is 11.3 Å². The van der Waals surface area contributed by atoms with E-state index in [0.29, 0.717) is 0 Å². The third kappa shape index (κ3) is 2.21. The number of aryl methyl sites for hydroxylation is 1. The number of hydrogen-bond donors (Lipinski definition) is 0. The van der Waals surface area contributed by atoms with Gasteiger partial charge in [0.2, 0.25) is 5.79 Å². The molecule has 1 aromatic carbocycles. The molecule has 2 rings (SSSR count). The van der Waals surface area contributed by atoms with E-state index in [0.717, 1.165) is 16.9 Å². The molecular formula is C15H18O2S. The predicted molar refractivity (Wildman–Crippen MR) is 74.9 cm³/mol. The van der Waals surface area contributed by atoms with Gasteiger partial charge in [-0.1, -0.05) is 37.3 Å². The van der Waals surface area contributed by atoms with Gasteiger partial charge >= 0.3 is 0 Å². The fourth-order valence-corrected chi connectivity index (χ4v) is 2.99. The minimum absolute atomic E-state index is 0.791. The van der Waals surface area contributed by atoms with Gasteiger partial charge in [0.1, 0.15) is 0 Å². The van der Waals surface area contributed by atoms with Crippen molar-refractivity contribution in [3.8, 4) is 0 Å². The summed E-state index contributed by atoms with van der Waals surface area (Å²) < 4.78 is 11.4. The van der Waals surface area contributed by atoms with Crippen LogP contribution in [0.2, 0.25) is 0 Å². The fraction of sp³-hybridized carbons (Fsp3) is 0.333. The maximum Gasteiger partial charge on any atom is 0.231 e. The Hall–Kier alpha value is -1.16. The first kappa shape index (κ1) is 13.3. The summed E-state index contributed by atoms with van der Waals surface area (Å²) in [5, 5.41) is 2.03. The van der Waals surface area contributed by atoms with Crippen molar-refractivity contribution in [3.63, 3.8) is 0 Å². The van der Waals surface area contributed by atoms with Crippen LogP contribution in [0.5, 0.6) is 0 Å². The van der Waals surface area contributed by atoms with Crippen molar-refractivity contribution in [1.29, 1.82) is 0 Å². The number of rotatable bonds is 5. The predicted octanol–water partition coefficient (Wildman–Crippen LogP) is 3.80. The molecule has 0 unspecified atom stereocenters. The highest BCUT2D eigenvalue weighted by Gasteiger charge is 2.35. The molecule has 0 atom stereocenters. The van der Waals surface area contributed by atoms with Crippen LogP contribution in [0.3, 0.4) is 0 Å². The zero-order valence-electron chi connectivity index (χ0n) is 11.0. The molecule has 0 spiro atoms. The van der Waals surface area contributed by atoms with E-state index in [9.17, 15) is 0 Å². The van der Waals surface area contributed by atoms with E-state index in [1.165, 1.54) is 5.56 Å². The SMILES string of the molecule is CCc1ccc(C(OC)(OC)c2cccs2)cc1. The van der Waals surface area contributed by atoms with Gasteiger partial charge in [-0.3, -0.25) is 0 Å². The molecule has 1 aromatic heterocycles. The number of hydrogen-bond acceptors (Lipinski definition) is 3. The van der Waals surface area contributed by atoms with E-state index in [1.807, 2.05) is 17.5 Å². The third-order valence-corrected chi connectivity index (χ3v) is 4.11. The van der Waals surface area contributed by atoms with E-state index in [1.54, 1.807) is 25.6 Å². The van der Waals surface area contributed by atoms with Crippen LogP contribution in [-0.2, 0) is 21.7 Å². The molecule has 2 nitrogen and oxygen atoms in total. The zero-order chi connectivity index (χ0) is 13.0. The smallest absolute Gasteiger partial charge is 0.231 e. The summed E-state index contributed by atoms with van der Waals surface area (Å²) in [6.07, 6.45) is 1.03. The van der Waals surface area contributed by atoms with Crippen LogP contribution < -0.4 is 0 Å². The van der Waals surface area contributed by atoms with Gasteiger partial charge in [-0.2, -0.15) is 0 Å². The first-order valence-corrected chi connectivity index (χ1v) is 6.88. The fourth-order valence-electron chi connectivity index (χ4n) is 2.09. The molecule has 0 radical (unpaired) electrons. The van der Waals surface area contributed by atoms with Gasteiger partial charge in [0, 0.05) is 19.8 Å². The Morgan fingerprint density at radius 1 is 1.06 bits per heavy atom. The van der Waals surface area contributed by atoms with Gasteiger partial charge in [-0.05, 0) is 23.4 Å². The highest BCUT2D eigenvalue weighted by Crippen LogP contribution is 2.36. The summed E-state index contributed by atoms with van der Waals surface area (Å²) >= 11 is 1.63. The van der Waals surface area contributed by atoms with E-state index >= 15 is 0 Å². The second-order valence-corrected chi connectivity index (χ2v) is 5.00. The maximum atomic E-state index is 5.68. The second kappa shape index (κ2) is 5.65. The largest absolute Gasteiger partial charge is 0.345 e. The van der Waals surface area contributed by atoms with Gasteiger partial charge in [0.15, 0.2) is 0 Å². The lowest BCUT2D eigenvalue weighted by Crippen LogP contribution is -2.31. The topological polar surface area (TPSA) is 18.5 Å². The Kier molecular flexibility index (Phi) is 4.17. The summed E-state index contributed by atoms with van der Waals surface area (Å²) in [6, 6.07) is 12.4.